The van der Waals surface area contributed by atoms with Gasteiger partial charge in [0.1, 0.15) is 5.78 Å². The average molecular weight is 298 g/mol. The van der Waals surface area contributed by atoms with E-state index >= 15 is 0 Å². The van der Waals surface area contributed by atoms with Crippen molar-refractivity contribution < 1.29 is 9.59 Å². The molecule has 0 saturated heterocycles. The summed E-state index contributed by atoms with van der Waals surface area (Å²) in [6.07, 6.45) is 9.00. The molecule has 0 aromatic carbocycles. The lowest BCUT2D eigenvalue weighted by Crippen LogP contribution is -2.55. The van der Waals surface area contributed by atoms with Crippen LogP contribution in [0.1, 0.15) is 59.8 Å². The van der Waals surface area contributed by atoms with E-state index in [1.165, 1.54) is 5.57 Å². The Kier molecular flexibility index (Phi) is 2.63. The van der Waals surface area contributed by atoms with Crippen LogP contribution in [0.15, 0.2) is 23.3 Å². The molecule has 0 N–H and O–H groups in total. The lowest BCUT2D eigenvalue weighted by molar-refractivity contribution is -0.141. The molecule has 0 amide bonds. The van der Waals surface area contributed by atoms with Crippen LogP contribution in [0.4, 0.5) is 0 Å². The van der Waals surface area contributed by atoms with Gasteiger partial charge in [0.2, 0.25) is 0 Å². The molecular weight excluding hydrogens is 272 g/mol. The molecule has 4 unspecified atom stereocenters. The van der Waals surface area contributed by atoms with Crippen molar-refractivity contribution in [3.8, 4) is 0 Å². The number of fused-ring (bicyclic) bond motifs is 3. The summed E-state index contributed by atoms with van der Waals surface area (Å²) in [5.74, 6) is 1.05. The van der Waals surface area contributed by atoms with Crippen molar-refractivity contribution in [3.05, 3.63) is 23.3 Å². The standard InChI is InChI=1S/C20H26O2/c1-12-10-20-8-5-15-18(2,3)7-6-17(22)19(15,4)16(20)9-14(21)13(12)11-20/h9-10,13,15H,5-8,11H2,1-4H3. The van der Waals surface area contributed by atoms with Crippen LogP contribution in [-0.4, -0.2) is 11.6 Å². The average Bonchev–Trinajstić information content (AvgIpc) is 2.72. The van der Waals surface area contributed by atoms with Gasteiger partial charge < -0.3 is 0 Å². The molecule has 0 radical (unpaired) electrons. The van der Waals surface area contributed by atoms with Gasteiger partial charge in [0.15, 0.2) is 5.78 Å². The zero-order chi connectivity index (χ0) is 15.9. The lowest BCUT2D eigenvalue weighted by atomic mass is 9.44. The van der Waals surface area contributed by atoms with Crippen molar-refractivity contribution in [2.24, 2.45) is 28.1 Å². The number of carbonyl (C=O) groups excluding carboxylic acids is 2. The monoisotopic (exact) mass is 298 g/mol. The van der Waals surface area contributed by atoms with Crippen LogP contribution >= 0.6 is 0 Å². The lowest BCUT2D eigenvalue weighted by Gasteiger charge is -2.58. The summed E-state index contributed by atoms with van der Waals surface area (Å²) in [4.78, 5) is 25.6. The molecule has 1 spiro atoms. The molecule has 4 aliphatic carbocycles. The Labute approximate surface area is 133 Å². The van der Waals surface area contributed by atoms with Crippen molar-refractivity contribution in [3.63, 3.8) is 0 Å². The Balaban J connectivity index is 1.92. The predicted molar refractivity (Wildman–Crippen MR) is 86.2 cm³/mol. The molecule has 118 valence electrons. The highest BCUT2D eigenvalue weighted by Crippen LogP contribution is 2.67. The predicted octanol–water partition coefficient (Wildman–Crippen LogP) is 4.25. The molecule has 2 nitrogen and oxygen atoms in total. The molecule has 2 heteroatoms. The minimum atomic E-state index is -0.429. The molecule has 0 aromatic heterocycles. The van der Waals surface area contributed by atoms with Crippen LogP contribution in [0, 0.1) is 28.1 Å². The van der Waals surface area contributed by atoms with Crippen LogP contribution < -0.4 is 0 Å². The van der Waals surface area contributed by atoms with E-state index in [-0.39, 0.29) is 22.5 Å². The van der Waals surface area contributed by atoms with E-state index in [2.05, 4.69) is 33.8 Å². The second kappa shape index (κ2) is 4.01. The van der Waals surface area contributed by atoms with Crippen molar-refractivity contribution in [1.29, 1.82) is 0 Å². The number of hydrogen-bond donors (Lipinski definition) is 0. The minimum absolute atomic E-state index is 0.00299. The molecule has 2 fully saturated rings. The number of Topliss-reactive ketones (excluding diaryl/α,β-unsaturated/α-hetero) is 1. The van der Waals surface area contributed by atoms with E-state index in [1.807, 2.05) is 6.08 Å². The van der Waals surface area contributed by atoms with E-state index in [9.17, 15) is 9.59 Å². The van der Waals surface area contributed by atoms with Crippen molar-refractivity contribution in [1.82, 2.24) is 0 Å². The fourth-order valence-electron chi connectivity index (χ4n) is 6.26. The normalized spacial score (nSPS) is 45.8. The molecule has 4 rings (SSSR count). The summed E-state index contributed by atoms with van der Waals surface area (Å²) in [7, 11) is 0. The zero-order valence-corrected chi connectivity index (χ0v) is 14.2. The number of ketones is 2. The maximum Gasteiger partial charge on any atom is 0.162 e. The second-order valence-corrected chi connectivity index (χ2v) is 8.97. The van der Waals surface area contributed by atoms with Gasteiger partial charge in [-0.2, -0.15) is 0 Å². The highest BCUT2D eigenvalue weighted by Gasteiger charge is 2.62. The second-order valence-electron chi connectivity index (χ2n) is 8.97. The minimum Gasteiger partial charge on any atom is -0.299 e. The topological polar surface area (TPSA) is 34.1 Å². The molecule has 2 saturated carbocycles. The molecule has 0 heterocycles. The summed E-state index contributed by atoms with van der Waals surface area (Å²) < 4.78 is 0. The molecular formula is C20H26O2. The zero-order valence-electron chi connectivity index (χ0n) is 14.2. The van der Waals surface area contributed by atoms with Gasteiger partial charge in [-0.15, -0.1) is 0 Å². The number of hydrogen-bond acceptors (Lipinski definition) is 2. The van der Waals surface area contributed by atoms with Crippen molar-refractivity contribution >= 4 is 11.6 Å². The van der Waals surface area contributed by atoms with Gasteiger partial charge in [0.05, 0.1) is 5.41 Å². The highest BCUT2D eigenvalue weighted by molar-refractivity contribution is 6.00. The van der Waals surface area contributed by atoms with Gasteiger partial charge in [-0.1, -0.05) is 25.5 Å². The SMILES string of the molecule is CC1=CC23CCC4C(C)(C)CCC(=O)C4(C)C2=CC(=O)C1C3. The van der Waals surface area contributed by atoms with Gasteiger partial charge in [0, 0.05) is 17.8 Å². The Bertz CT molecular complexity index is 651. The van der Waals surface area contributed by atoms with E-state index in [0.717, 1.165) is 31.3 Å². The van der Waals surface area contributed by atoms with Crippen LogP contribution in [0.5, 0.6) is 0 Å². The third kappa shape index (κ3) is 1.51. The van der Waals surface area contributed by atoms with Gasteiger partial charge in [-0.05, 0) is 62.5 Å². The fraction of sp³-hybridized carbons (Fsp3) is 0.700. The van der Waals surface area contributed by atoms with Crippen LogP contribution in [0.2, 0.25) is 0 Å². The third-order valence-corrected chi connectivity index (χ3v) is 7.44. The molecule has 4 aliphatic rings. The first-order chi connectivity index (χ1) is 10.2. The molecule has 0 aliphatic heterocycles. The fourth-order valence-corrected chi connectivity index (χ4v) is 6.26. The molecule has 22 heavy (non-hydrogen) atoms. The van der Waals surface area contributed by atoms with Crippen molar-refractivity contribution in [2.75, 3.05) is 0 Å². The van der Waals surface area contributed by atoms with E-state index < -0.39 is 5.41 Å². The van der Waals surface area contributed by atoms with Gasteiger partial charge in [-0.25, -0.2) is 0 Å². The van der Waals surface area contributed by atoms with E-state index in [1.54, 1.807) is 0 Å². The Hall–Kier alpha value is -1.18. The van der Waals surface area contributed by atoms with Gasteiger partial charge in [-0.3, -0.25) is 9.59 Å². The quantitative estimate of drug-likeness (QED) is 0.626. The van der Waals surface area contributed by atoms with Crippen LogP contribution in [0.3, 0.4) is 0 Å². The first-order valence-corrected chi connectivity index (χ1v) is 8.70. The summed E-state index contributed by atoms with van der Waals surface area (Å²) in [5.41, 5.74) is 2.13. The summed E-state index contributed by atoms with van der Waals surface area (Å²) >= 11 is 0. The summed E-state index contributed by atoms with van der Waals surface area (Å²) in [6.45, 7) is 8.85. The third-order valence-electron chi connectivity index (χ3n) is 7.44. The first-order valence-electron chi connectivity index (χ1n) is 8.70. The van der Waals surface area contributed by atoms with Gasteiger partial charge in [0.25, 0.3) is 0 Å². The number of allylic oxidation sites excluding steroid dienone is 4. The Morgan fingerprint density at radius 3 is 2.59 bits per heavy atom. The maximum absolute atomic E-state index is 13.0. The Morgan fingerprint density at radius 2 is 1.86 bits per heavy atom. The van der Waals surface area contributed by atoms with Gasteiger partial charge >= 0.3 is 0 Å². The van der Waals surface area contributed by atoms with E-state index in [4.69, 9.17) is 0 Å². The number of rotatable bonds is 0. The summed E-state index contributed by atoms with van der Waals surface area (Å²) in [5, 5.41) is 0. The summed E-state index contributed by atoms with van der Waals surface area (Å²) in [6, 6.07) is 0. The highest BCUT2D eigenvalue weighted by atomic mass is 16.1. The largest absolute Gasteiger partial charge is 0.299 e. The van der Waals surface area contributed by atoms with Crippen LogP contribution in [-0.2, 0) is 9.59 Å². The molecule has 4 atom stereocenters. The van der Waals surface area contributed by atoms with E-state index in [0.29, 0.717) is 18.1 Å². The Morgan fingerprint density at radius 1 is 1.14 bits per heavy atom. The molecule has 2 bridgehead atoms. The van der Waals surface area contributed by atoms with Crippen LogP contribution in [0.25, 0.3) is 0 Å². The number of carbonyl (C=O) groups is 2. The molecule has 0 aromatic rings. The first kappa shape index (κ1) is 14.4. The smallest absolute Gasteiger partial charge is 0.162 e. The maximum atomic E-state index is 13.0. The van der Waals surface area contributed by atoms with Crippen molar-refractivity contribution in [2.45, 2.75) is 59.8 Å².